The molecule has 3 aromatic rings. The molecule has 1 aliphatic rings. The zero-order valence-electron chi connectivity index (χ0n) is 12.1. The normalized spacial score (nSPS) is 14.0. The highest BCUT2D eigenvalue weighted by atomic mass is 32.1. The van der Waals surface area contributed by atoms with Gasteiger partial charge in [-0.3, -0.25) is 4.68 Å². The lowest BCUT2D eigenvalue weighted by atomic mass is 10.1. The molecule has 3 heterocycles. The first-order chi connectivity index (χ1) is 10.8. The fourth-order valence-corrected chi connectivity index (χ4v) is 3.69. The highest BCUT2D eigenvalue weighted by Crippen LogP contribution is 2.31. The summed E-state index contributed by atoms with van der Waals surface area (Å²) in [6, 6.07) is 11.1. The van der Waals surface area contributed by atoms with Crippen LogP contribution >= 0.6 is 11.3 Å². The second kappa shape index (κ2) is 5.66. The fraction of sp³-hybridized carbons (Fsp3) is 0.235. The molecule has 0 atom stereocenters. The van der Waals surface area contributed by atoms with Crippen molar-refractivity contribution in [3.8, 4) is 10.6 Å². The summed E-state index contributed by atoms with van der Waals surface area (Å²) in [5, 5.41) is 10.3. The Balaban J connectivity index is 1.78. The molecular weight excluding hydrogens is 297 g/mol. The number of halogens is 1. The fourth-order valence-electron chi connectivity index (χ4n) is 2.95. The number of benzene rings is 1. The van der Waals surface area contributed by atoms with E-state index in [0.717, 1.165) is 25.2 Å². The summed E-state index contributed by atoms with van der Waals surface area (Å²) < 4.78 is 15.9. The molecule has 0 spiro atoms. The molecule has 0 unspecified atom stereocenters. The van der Waals surface area contributed by atoms with Crippen LogP contribution in [0.3, 0.4) is 0 Å². The van der Waals surface area contributed by atoms with Crippen LogP contribution in [-0.4, -0.2) is 16.3 Å². The number of nitrogens with one attached hydrogen (secondary N) is 1. The minimum atomic E-state index is -0.168. The number of nitrogens with zero attached hydrogens (tertiary/aromatic N) is 2. The minimum Gasteiger partial charge on any atom is -0.312 e. The molecule has 22 heavy (non-hydrogen) atoms. The predicted molar refractivity (Wildman–Crippen MR) is 86.5 cm³/mol. The Morgan fingerprint density at radius 2 is 2.14 bits per heavy atom. The summed E-state index contributed by atoms with van der Waals surface area (Å²) in [7, 11) is 0. The van der Waals surface area contributed by atoms with Gasteiger partial charge in [-0.1, -0.05) is 24.3 Å². The highest BCUT2D eigenvalue weighted by Gasteiger charge is 2.22. The number of thiophene rings is 1. The summed E-state index contributed by atoms with van der Waals surface area (Å²) >= 11 is 1.69. The second-order valence-corrected chi connectivity index (χ2v) is 6.37. The molecule has 0 radical (unpaired) electrons. The van der Waals surface area contributed by atoms with Crippen molar-refractivity contribution in [1.82, 2.24) is 15.1 Å². The van der Waals surface area contributed by atoms with E-state index in [1.807, 2.05) is 22.9 Å². The van der Waals surface area contributed by atoms with Crippen LogP contribution in [-0.2, 0) is 19.5 Å². The summed E-state index contributed by atoms with van der Waals surface area (Å²) in [6.45, 7) is 2.26. The maximum Gasteiger partial charge on any atom is 0.128 e. The first-order valence-corrected chi connectivity index (χ1v) is 8.27. The van der Waals surface area contributed by atoms with Crippen molar-refractivity contribution in [3.05, 3.63) is 64.4 Å². The van der Waals surface area contributed by atoms with Crippen molar-refractivity contribution >= 4 is 11.3 Å². The number of fused-ring (bicyclic) bond motifs is 1. The van der Waals surface area contributed by atoms with Gasteiger partial charge >= 0.3 is 0 Å². The van der Waals surface area contributed by atoms with Gasteiger partial charge in [0.25, 0.3) is 0 Å². The third kappa shape index (κ3) is 2.36. The molecule has 3 nitrogen and oxygen atoms in total. The maximum atomic E-state index is 13.9. The third-order valence-electron chi connectivity index (χ3n) is 4.04. The zero-order chi connectivity index (χ0) is 14.9. The molecule has 5 heteroatoms. The van der Waals surface area contributed by atoms with E-state index in [1.165, 1.54) is 22.2 Å². The number of aromatic nitrogens is 2. The van der Waals surface area contributed by atoms with Gasteiger partial charge in [-0.15, -0.1) is 11.3 Å². The third-order valence-corrected chi connectivity index (χ3v) is 4.92. The molecule has 1 aromatic carbocycles. The van der Waals surface area contributed by atoms with Crippen LogP contribution in [0.2, 0.25) is 0 Å². The summed E-state index contributed by atoms with van der Waals surface area (Å²) in [4.78, 5) is 1.17. The Hall–Kier alpha value is -1.98. The van der Waals surface area contributed by atoms with E-state index >= 15 is 0 Å². The predicted octanol–water partition coefficient (Wildman–Crippen LogP) is 3.44. The Morgan fingerprint density at radius 1 is 1.23 bits per heavy atom. The average molecular weight is 313 g/mol. The van der Waals surface area contributed by atoms with E-state index in [-0.39, 0.29) is 5.82 Å². The van der Waals surface area contributed by atoms with E-state index in [9.17, 15) is 4.39 Å². The van der Waals surface area contributed by atoms with Gasteiger partial charge in [0.1, 0.15) is 11.5 Å². The highest BCUT2D eigenvalue weighted by molar-refractivity contribution is 7.13. The lowest BCUT2D eigenvalue weighted by Crippen LogP contribution is -2.25. The SMILES string of the molecule is Fc1ccccc1Cn1nc(-c2cccs2)c2c1CCNC2. The molecule has 4 rings (SSSR count). The number of hydrogen-bond acceptors (Lipinski definition) is 3. The van der Waals surface area contributed by atoms with Crippen LogP contribution in [0.5, 0.6) is 0 Å². The lowest BCUT2D eigenvalue weighted by molar-refractivity contribution is 0.556. The van der Waals surface area contributed by atoms with Crippen molar-refractivity contribution in [1.29, 1.82) is 0 Å². The number of rotatable bonds is 3. The first kappa shape index (κ1) is 13.7. The van der Waals surface area contributed by atoms with Crippen LogP contribution in [0.25, 0.3) is 10.6 Å². The van der Waals surface area contributed by atoms with Gasteiger partial charge in [-0.2, -0.15) is 5.10 Å². The van der Waals surface area contributed by atoms with Crippen LogP contribution in [0.15, 0.2) is 41.8 Å². The topological polar surface area (TPSA) is 29.9 Å². The second-order valence-electron chi connectivity index (χ2n) is 5.43. The first-order valence-electron chi connectivity index (χ1n) is 7.39. The quantitative estimate of drug-likeness (QED) is 0.803. The van der Waals surface area contributed by atoms with E-state index in [2.05, 4.69) is 16.8 Å². The molecule has 1 N–H and O–H groups in total. The number of hydrogen-bond donors (Lipinski definition) is 1. The lowest BCUT2D eigenvalue weighted by Gasteiger charge is -2.15. The Bertz CT molecular complexity index is 792. The monoisotopic (exact) mass is 313 g/mol. The molecule has 2 aromatic heterocycles. The van der Waals surface area contributed by atoms with Crippen molar-refractivity contribution in [2.24, 2.45) is 0 Å². The Kier molecular flexibility index (Phi) is 3.52. The summed E-state index contributed by atoms with van der Waals surface area (Å²) in [5.74, 6) is -0.168. The molecular formula is C17H16FN3S. The van der Waals surface area contributed by atoms with Gasteiger partial charge in [0.15, 0.2) is 0 Å². The molecule has 0 saturated carbocycles. The van der Waals surface area contributed by atoms with Gasteiger partial charge in [-0.05, 0) is 17.5 Å². The van der Waals surface area contributed by atoms with E-state index < -0.39 is 0 Å². The standard InChI is InChI=1S/C17H16FN3S/c18-14-5-2-1-4-12(14)11-21-15-7-8-19-10-13(15)17(20-21)16-6-3-9-22-16/h1-6,9,19H,7-8,10-11H2. The maximum absolute atomic E-state index is 13.9. The molecule has 0 amide bonds. The smallest absolute Gasteiger partial charge is 0.128 e. The van der Waals surface area contributed by atoms with Crippen LogP contribution in [0.4, 0.5) is 4.39 Å². The van der Waals surface area contributed by atoms with Gasteiger partial charge in [-0.25, -0.2) is 4.39 Å². The average Bonchev–Trinajstić information content (AvgIpc) is 3.18. The van der Waals surface area contributed by atoms with Crippen molar-refractivity contribution in [2.75, 3.05) is 6.54 Å². The van der Waals surface area contributed by atoms with E-state index in [4.69, 9.17) is 5.10 Å². The van der Waals surface area contributed by atoms with Gasteiger partial charge in [0, 0.05) is 36.3 Å². The zero-order valence-corrected chi connectivity index (χ0v) is 12.9. The molecule has 0 fully saturated rings. The molecule has 0 saturated heterocycles. The van der Waals surface area contributed by atoms with Crippen molar-refractivity contribution in [2.45, 2.75) is 19.5 Å². The van der Waals surface area contributed by atoms with Crippen LogP contribution in [0.1, 0.15) is 16.8 Å². The van der Waals surface area contributed by atoms with Crippen molar-refractivity contribution in [3.63, 3.8) is 0 Å². The Labute approximate surface area is 132 Å². The van der Waals surface area contributed by atoms with E-state index in [1.54, 1.807) is 17.4 Å². The summed E-state index contributed by atoms with van der Waals surface area (Å²) in [5.41, 5.74) is 4.20. The van der Waals surface area contributed by atoms with E-state index in [0.29, 0.717) is 12.1 Å². The molecule has 0 bridgehead atoms. The van der Waals surface area contributed by atoms with Crippen LogP contribution < -0.4 is 5.32 Å². The van der Waals surface area contributed by atoms with Gasteiger partial charge < -0.3 is 5.32 Å². The molecule has 112 valence electrons. The molecule has 0 aliphatic carbocycles. The molecule has 1 aliphatic heterocycles. The van der Waals surface area contributed by atoms with Crippen molar-refractivity contribution < 1.29 is 4.39 Å². The van der Waals surface area contributed by atoms with Gasteiger partial charge in [0.2, 0.25) is 0 Å². The Morgan fingerprint density at radius 3 is 2.95 bits per heavy atom. The minimum absolute atomic E-state index is 0.168. The largest absolute Gasteiger partial charge is 0.312 e. The summed E-state index contributed by atoms with van der Waals surface area (Å²) in [6.07, 6.45) is 0.933. The van der Waals surface area contributed by atoms with Crippen LogP contribution in [0, 0.1) is 5.82 Å². The van der Waals surface area contributed by atoms with Gasteiger partial charge in [0.05, 0.1) is 11.4 Å².